The summed E-state index contributed by atoms with van der Waals surface area (Å²) in [5.41, 5.74) is 7.89. The van der Waals surface area contributed by atoms with Crippen LogP contribution in [0.15, 0.2) is 30.3 Å². The van der Waals surface area contributed by atoms with Crippen LogP contribution in [0.25, 0.3) is 0 Å². The third kappa shape index (κ3) is 4.07. The van der Waals surface area contributed by atoms with Gasteiger partial charge < -0.3 is 5.73 Å². The predicted octanol–water partition coefficient (Wildman–Crippen LogP) is 3.83. The van der Waals surface area contributed by atoms with Gasteiger partial charge in [-0.3, -0.25) is 4.90 Å². The van der Waals surface area contributed by atoms with E-state index >= 15 is 0 Å². The van der Waals surface area contributed by atoms with Crippen molar-refractivity contribution in [3.63, 3.8) is 0 Å². The highest BCUT2D eigenvalue weighted by molar-refractivity contribution is 5.20. The van der Waals surface area contributed by atoms with Gasteiger partial charge in [0, 0.05) is 25.2 Å². The Morgan fingerprint density at radius 2 is 1.80 bits per heavy atom. The molecule has 0 amide bonds. The highest BCUT2D eigenvalue weighted by Crippen LogP contribution is 2.36. The molecule has 0 aromatic heterocycles. The molecule has 1 aliphatic carbocycles. The molecular weight excluding hydrogens is 244 g/mol. The summed E-state index contributed by atoms with van der Waals surface area (Å²) in [6.45, 7) is 11.5. The van der Waals surface area contributed by atoms with Gasteiger partial charge in [0.2, 0.25) is 0 Å². The molecule has 1 aromatic rings. The molecule has 0 heterocycles. The van der Waals surface area contributed by atoms with E-state index in [2.05, 4.69) is 62.9 Å². The maximum Gasteiger partial charge on any atom is 0.0359 e. The largest absolute Gasteiger partial charge is 0.323 e. The SMILES string of the molecule is CC(C)CN(CC(C)(C)C(N)c1ccccc1)C1CC1. The summed E-state index contributed by atoms with van der Waals surface area (Å²) in [6.07, 6.45) is 2.73. The Morgan fingerprint density at radius 1 is 1.20 bits per heavy atom. The van der Waals surface area contributed by atoms with E-state index in [0.717, 1.165) is 18.5 Å². The molecule has 1 atom stereocenters. The number of nitrogens with two attached hydrogens (primary N) is 1. The zero-order valence-corrected chi connectivity index (χ0v) is 13.5. The summed E-state index contributed by atoms with van der Waals surface area (Å²) in [7, 11) is 0. The molecule has 1 aliphatic rings. The van der Waals surface area contributed by atoms with Gasteiger partial charge in [0.1, 0.15) is 0 Å². The van der Waals surface area contributed by atoms with Crippen LogP contribution in [0, 0.1) is 11.3 Å². The summed E-state index contributed by atoms with van der Waals surface area (Å²) in [6, 6.07) is 11.4. The molecule has 0 aliphatic heterocycles. The molecular formula is C18H30N2. The number of nitrogens with zero attached hydrogens (tertiary/aromatic N) is 1. The minimum atomic E-state index is 0.0945. The Balaban J connectivity index is 2.04. The van der Waals surface area contributed by atoms with Gasteiger partial charge in [-0.05, 0) is 29.7 Å². The zero-order valence-electron chi connectivity index (χ0n) is 13.5. The molecule has 2 heteroatoms. The first-order valence-corrected chi connectivity index (χ1v) is 7.95. The number of benzene rings is 1. The van der Waals surface area contributed by atoms with Crippen molar-refractivity contribution in [2.45, 2.75) is 52.6 Å². The predicted molar refractivity (Wildman–Crippen MR) is 86.6 cm³/mol. The number of hydrogen-bond acceptors (Lipinski definition) is 2. The zero-order chi connectivity index (χ0) is 14.8. The smallest absolute Gasteiger partial charge is 0.0359 e. The molecule has 2 rings (SSSR count). The third-order valence-corrected chi connectivity index (χ3v) is 4.27. The van der Waals surface area contributed by atoms with Crippen LogP contribution in [0.3, 0.4) is 0 Å². The summed E-state index contributed by atoms with van der Waals surface area (Å²) < 4.78 is 0. The van der Waals surface area contributed by atoms with Crippen molar-refractivity contribution in [1.82, 2.24) is 4.90 Å². The van der Waals surface area contributed by atoms with E-state index in [4.69, 9.17) is 5.73 Å². The van der Waals surface area contributed by atoms with Crippen molar-refractivity contribution in [2.75, 3.05) is 13.1 Å². The second kappa shape index (κ2) is 6.28. The van der Waals surface area contributed by atoms with E-state index in [9.17, 15) is 0 Å². The lowest BCUT2D eigenvalue weighted by Gasteiger charge is -2.38. The van der Waals surface area contributed by atoms with Crippen LogP contribution >= 0.6 is 0 Å². The fourth-order valence-electron chi connectivity index (χ4n) is 2.98. The van der Waals surface area contributed by atoms with Crippen LogP contribution < -0.4 is 5.73 Å². The first kappa shape index (κ1) is 15.5. The Hall–Kier alpha value is -0.860. The number of hydrogen-bond donors (Lipinski definition) is 1. The second-order valence-corrected chi connectivity index (χ2v) is 7.43. The van der Waals surface area contributed by atoms with E-state index < -0.39 is 0 Å². The Labute approximate surface area is 124 Å². The molecule has 1 saturated carbocycles. The highest BCUT2D eigenvalue weighted by atomic mass is 15.2. The van der Waals surface area contributed by atoms with Crippen molar-refractivity contribution < 1.29 is 0 Å². The third-order valence-electron chi connectivity index (χ3n) is 4.27. The van der Waals surface area contributed by atoms with Crippen LogP contribution in [0.5, 0.6) is 0 Å². The molecule has 2 nitrogen and oxygen atoms in total. The van der Waals surface area contributed by atoms with Gasteiger partial charge in [0.15, 0.2) is 0 Å². The fraction of sp³-hybridized carbons (Fsp3) is 0.667. The van der Waals surface area contributed by atoms with Gasteiger partial charge in [0.05, 0.1) is 0 Å². The van der Waals surface area contributed by atoms with Crippen molar-refractivity contribution in [3.05, 3.63) is 35.9 Å². The normalized spacial score (nSPS) is 17.8. The first-order valence-electron chi connectivity index (χ1n) is 7.95. The van der Waals surface area contributed by atoms with E-state index in [1.807, 2.05) is 0 Å². The van der Waals surface area contributed by atoms with E-state index in [-0.39, 0.29) is 11.5 Å². The topological polar surface area (TPSA) is 29.3 Å². The Kier molecular flexibility index (Phi) is 4.87. The highest BCUT2D eigenvalue weighted by Gasteiger charge is 2.36. The maximum atomic E-state index is 6.55. The lowest BCUT2D eigenvalue weighted by Crippen LogP contribution is -2.43. The average molecular weight is 274 g/mol. The second-order valence-electron chi connectivity index (χ2n) is 7.43. The molecule has 0 spiro atoms. The lowest BCUT2D eigenvalue weighted by molar-refractivity contribution is 0.133. The summed E-state index contributed by atoms with van der Waals surface area (Å²) in [4.78, 5) is 2.66. The average Bonchev–Trinajstić information content (AvgIpc) is 3.21. The van der Waals surface area contributed by atoms with Crippen molar-refractivity contribution >= 4 is 0 Å². The molecule has 2 N–H and O–H groups in total. The van der Waals surface area contributed by atoms with E-state index in [1.165, 1.54) is 24.9 Å². The molecule has 20 heavy (non-hydrogen) atoms. The Morgan fingerprint density at radius 3 is 2.30 bits per heavy atom. The minimum Gasteiger partial charge on any atom is -0.323 e. The standard InChI is InChI=1S/C18H30N2/c1-14(2)12-20(16-10-11-16)13-18(3,4)17(19)15-8-6-5-7-9-15/h5-9,14,16-17H,10-13,19H2,1-4H3. The molecule has 112 valence electrons. The van der Waals surface area contributed by atoms with Crippen LogP contribution in [-0.2, 0) is 0 Å². The van der Waals surface area contributed by atoms with Crippen molar-refractivity contribution in [2.24, 2.45) is 17.1 Å². The number of rotatable bonds is 7. The summed E-state index contributed by atoms with van der Waals surface area (Å²) in [5.74, 6) is 0.722. The molecule has 1 aromatic carbocycles. The van der Waals surface area contributed by atoms with Gasteiger partial charge in [-0.25, -0.2) is 0 Å². The molecule has 0 saturated heterocycles. The monoisotopic (exact) mass is 274 g/mol. The van der Waals surface area contributed by atoms with Gasteiger partial charge >= 0.3 is 0 Å². The van der Waals surface area contributed by atoms with Gasteiger partial charge in [-0.1, -0.05) is 58.0 Å². The molecule has 0 radical (unpaired) electrons. The lowest BCUT2D eigenvalue weighted by atomic mass is 9.80. The van der Waals surface area contributed by atoms with Gasteiger partial charge in [-0.2, -0.15) is 0 Å². The Bertz CT molecular complexity index is 407. The van der Waals surface area contributed by atoms with Crippen LogP contribution in [0.2, 0.25) is 0 Å². The van der Waals surface area contributed by atoms with Gasteiger partial charge in [0.25, 0.3) is 0 Å². The molecule has 1 fully saturated rings. The van der Waals surface area contributed by atoms with E-state index in [1.54, 1.807) is 0 Å². The van der Waals surface area contributed by atoms with Crippen LogP contribution in [0.4, 0.5) is 0 Å². The fourth-order valence-corrected chi connectivity index (χ4v) is 2.98. The molecule has 0 bridgehead atoms. The van der Waals surface area contributed by atoms with Crippen molar-refractivity contribution in [3.8, 4) is 0 Å². The van der Waals surface area contributed by atoms with Crippen molar-refractivity contribution in [1.29, 1.82) is 0 Å². The summed E-state index contributed by atoms with van der Waals surface area (Å²) in [5, 5.41) is 0. The van der Waals surface area contributed by atoms with Gasteiger partial charge in [-0.15, -0.1) is 0 Å². The first-order chi connectivity index (χ1) is 9.40. The van der Waals surface area contributed by atoms with E-state index in [0.29, 0.717) is 0 Å². The minimum absolute atomic E-state index is 0.0945. The molecule has 1 unspecified atom stereocenters. The van der Waals surface area contributed by atoms with Crippen LogP contribution in [-0.4, -0.2) is 24.0 Å². The maximum absolute atomic E-state index is 6.55. The summed E-state index contributed by atoms with van der Waals surface area (Å²) >= 11 is 0. The van der Waals surface area contributed by atoms with Crippen LogP contribution in [0.1, 0.15) is 52.1 Å². The quantitative estimate of drug-likeness (QED) is 0.818.